The van der Waals surface area contributed by atoms with Crippen molar-refractivity contribution >= 4 is 34.8 Å². The maximum atomic E-state index is 13.2. The number of aryl methyl sites for hydroxylation is 1. The molecule has 0 saturated heterocycles. The van der Waals surface area contributed by atoms with Gasteiger partial charge in [-0.15, -0.1) is 0 Å². The Kier molecular flexibility index (Phi) is 5.87. The Hall–Kier alpha value is -2.60. The molecule has 0 aliphatic heterocycles. The van der Waals surface area contributed by atoms with Gasteiger partial charge in [-0.05, 0) is 56.7 Å². The molecule has 0 radical (unpaired) electrons. The van der Waals surface area contributed by atoms with Gasteiger partial charge >= 0.3 is 0 Å². The van der Waals surface area contributed by atoms with Crippen LogP contribution >= 0.6 is 11.6 Å². The summed E-state index contributed by atoms with van der Waals surface area (Å²) in [7, 11) is 1.50. The molecule has 138 valence electrons. The van der Waals surface area contributed by atoms with E-state index in [-0.39, 0.29) is 5.02 Å². The quantitative estimate of drug-likeness (QED) is 0.758. The monoisotopic (exact) mass is 378 g/mol. The normalized spacial score (nSPS) is 11.0. The van der Waals surface area contributed by atoms with E-state index in [1.165, 1.54) is 33.1 Å². The van der Waals surface area contributed by atoms with E-state index in [1.54, 1.807) is 12.1 Å². The fourth-order valence-corrected chi connectivity index (χ4v) is 2.34. The molecule has 2 rings (SSSR count). The largest absolute Gasteiger partial charge is 0.495 e. The van der Waals surface area contributed by atoms with Crippen LogP contribution in [0.3, 0.4) is 0 Å². The number of nitrogens with one attached hydrogen (secondary N) is 2. The molecule has 26 heavy (non-hydrogen) atoms. The van der Waals surface area contributed by atoms with Crippen LogP contribution in [0.5, 0.6) is 5.75 Å². The maximum absolute atomic E-state index is 13.2. The smallest absolute Gasteiger partial charge is 0.239 e. The Morgan fingerprint density at radius 1 is 1.08 bits per heavy atom. The van der Waals surface area contributed by atoms with E-state index in [9.17, 15) is 14.0 Å². The molecule has 0 aromatic heterocycles. The van der Waals surface area contributed by atoms with Crippen molar-refractivity contribution in [2.24, 2.45) is 5.41 Å². The lowest BCUT2D eigenvalue weighted by Crippen LogP contribution is -2.41. The molecule has 0 heterocycles. The van der Waals surface area contributed by atoms with Crippen LogP contribution in [0, 0.1) is 18.2 Å². The summed E-state index contributed by atoms with van der Waals surface area (Å²) in [6.45, 7) is 4.86. The maximum Gasteiger partial charge on any atom is 0.239 e. The molecule has 0 atom stereocenters. The van der Waals surface area contributed by atoms with Crippen molar-refractivity contribution < 1.29 is 18.7 Å². The Morgan fingerprint density at radius 2 is 1.73 bits per heavy atom. The number of benzene rings is 2. The van der Waals surface area contributed by atoms with Crippen LogP contribution < -0.4 is 15.4 Å². The standard InChI is InChI=1S/C19H20ClFN2O3/c1-11-5-8-16(26-4)15(9-11)23-18(25)19(2,3)17(24)22-12-6-7-14(21)13(20)10-12/h5-10H,1-4H3,(H,22,24)(H,23,25). The summed E-state index contributed by atoms with van der Waals surface area (Å²) in [6, 6.07) is 9.14. The minimum atomic E-state index is -1.39. The molecule has 0 unspecified atom stereocenters. The van der Waals surface area contributed by atoms with Gasteiger partial charge in [0, 0.05) is 5.69 Å². The number of rotatable bonds is 5. The first-order chi connectivity index (χ1) is 12.1. The van der Waals surface area contributed by atoms with Crippen molar-refractivity contribution in [2.75, 3.05) is 17.7 Å². The van der Waals surface area contributed by atoms with Crippen LogP contribution in [0.2, 0.25) is 5.02 Å². The minimum Gasteiger partial charge on any atom is -0.495 e. The highest BCUT2D eigenvalue weighted by Gasteiger charge is 2.36. The molecule has 0 bridgehead atoms. The summed E-state index contributed by atoms with van der Waals surface area (Å²) in [5, 5.41) is 5.18. The molecule has 2 amide bonds. The van der Waals surface area contributed by atoms with Crippen molar-refractivity contribution in [1.29, 1.82) is 0 Å². The number of amides is 2. The van der Waals surface area contributed by atoms with Gasteiger partial charge in [0.2, 0.25) is 11.8 Å². The van der Waals surface area contributed by atoms with Gasteiger partial charge in [-0.1, -0.05) is 17.7 Å². The fraction of sp³-hybridized carbons (Fsp3) is 0.263. The van der Waals surface area contributed by atoms with Crippen molar-refractivity contribution in [3.05, 3.63) is 52.8 Å². The van der Waals surface area contributed by atoms with Crippen molar-refractivity contribution in [2.45, 2.75) is 20.8 Å². The second-order valence-electron chi connectivity index (χ2n) is 6.37. The summed E-state index contributed by atoms with van der Waals surface area (Å²) in [5.74, 6) is -1.16. The zero-order valence-electron chi connectivity index (χ0n) is 14.9. The van der Waals surface area contributed by atoms with E-state index in [2.05, 4.69) is 10.6 Å². The van der Waals surface area contributed by atoms with Gasteiger partial charge in [0.25, 0.3) is 0 Å². The van der Waals surface area contributed by atoms with E-state index in [1.807, 2.05) is 13.0 Å². The van der Waals surface area contributed by atoms with E-state index in [0.29, 0.717) is 17.1 Å². The van der Waals surface area contributed by atoms with Crippen LogP contribution in [-0.2, 0) is 9.59 Å². The predicted molar refractivity (Wildman–Crippen MR) is 100 cm³/mol. The van der Waals surface area contributed by atoms with E-state index in [4.69, 9.17) is 16.3 Å². The average Bonchev–Trinajstić information content (AvgIpc) is 2.58. The van der Waals surface area contributed by atoms with Crippen LogP contribution in [0.25, 0.3) is 0 Å². The number of methoxy groups -OCH3 is 1. The molecular weight excluding hydrogens is 359 g/mol. The molecule has 0 saturated carbocycles. The van der Waals surface area contributed by atoms with E-state index in [0.717, 1.165) is 11.6 Å². The van der Waals surface area contributed by atoms with Gasteiger partial charge in [-0.3, -0.25) is 9.59 Å². The summed E-state index contributed by atoms with van der Waals surface area (Å²) < 4.78 is 18.5. The lowest BCUT2D eigenvalue weighted by molar-refractivity contribution is -0.135. The highest BCUT2D eigenvalue weighted by molar-refractivity contribution is 6.31. The lowest BCUT2D eigenvalue weighted by atomic mass is 9.90. The van der Waals surface area contributed by atoms with Gasteiger partial charge < -0.3 is 15.4 Å². The third-order valence-electron chi connectivity index (χ3n) is 3.92. The van der Waals surface area contributed by atoms with Gasteiger partial charge in [-0.25, -0.2) is 4.39 Å². The first-order valence-electron chi connectivity index (χ1n) is 7.87. The average molecular weight is 379 g/mol. The highest BCUT2D eigenvalue weighted by Crippen LogP contribution is 2.29. The van der Waals surface area contributed by atoms with Gasteiger partial charge in [-0.2, -0.15) is 0 Å². The van der Waals surface area contributed by atoms with Gasteiger partial charge in [0.1, 0.15) is 17.0 Å². The molecule has 7 heteroatoms. The summed E-state index contributed by atoms with van der Waals surface area (Å²) in [4.78, 5) is 25.2. The Labute approximate surface area is 156 Å². The summed E-state index contributed by atoms with van der Waals surface area (Å²) in [6.07, 6.45) is 0. The SMILES string of the molecule is COc1ccc(C)cc1NC(=O)C(C)(C)C(=O)Nc1ccc(F)c(Cl)c1. The number of ether oxygens (including phenoxy) is 1. The zero-order valence-corrected chi connectivity index (χ0v) is 15.7. The van der Waals surface area contributed by atoms with Crippen LogP contribution in [0.15, 0.2) is 36.4 Å². The van der Waals surface area contributed by atoms with Crippen LogP contribution in [-0.4, -0.2) is 18.9 Å². The second-order valence-corrected chi connectivity index (χ2v) is 6.77. The first-order valence-corrected chi connectivity index (χ1v) is 8.25. The van der Waals surface area contributed by atoms with Crippen molar-refractivity contribution in [3.8, 4) is 5.75 Å². The van der Waals surface area contributed by atoms with Gasteiger partial charge in [0.05, 0.1) is 17.8 Å². The van der Waals surface area contributed by atoms with Crippen molar-refractivity contribution in [1.82, 2.24) is 0 Å². The summed E-state index contributed by atoms with van der Waals surface area (Å²) >= 11 is 5.71. The molecule has 2 aromatic rings. The number of hydrogen-bond donors (Lipinski definition) is 2. The van der Waals surface area contributed by atoms with Crippen molar-refractivity contribution in [3.63, 3.8) is 0 Å². The number of carbonyl (C=O) groups excluding carboxylic acids is 2. The third-order valence-corrected chi connectivity index (χ3v) is 4.21. The zero-order chi connectivity index (χ0) is 19.5. The molecular formula is C19H20ClFN2O3. The third kappa shape index (κ3) is 4.32. The molecule has 2 aromatic carbocycles. The van der Waals surface area contributed by atoms with E-state index < -0.39 is 23.0 Å². The Morgan fingerprint density at radius 3 is 2.35 bits per heavy atom. The molecule has 0 spiro atoms. The Bertz CT molecular complexity index is 853. The van der Waals surface area contributed by atoms with Crippen LogP contribution in [0.4, 0.5) is 15.8 Å². The molecule has 5 nitrogen and oxygen atoms in total. The lowest BCUT2D eigenvalue weighted by Gasteiger charge is -2.23. The topological polar surface area (TPSA) is 67.4 Å². The molecule has 0 aliphatic carbocycles. The van der Waals surface area contributed by atoms with Gasteiger partial charge in [0.15, 0.2) is 0 Å². The molecule has 0 aliphatic rings. The first kappa shape index (κ1) is 19.7. The molecule has 0 fully saturated rings. The van der Waals surface area contributed by atoms with Crippen LogP contribution in [0.1, 0.15) is 19.4 Å². The highest BCUT2D eigenvalue weighted by atomic mass is 35.5. The molecule has 2 N–H and O–H groups in total. The second kappa shape index (κ2) is 7.74. The Balaban J connectivity index is 2.17. The number of carbonyl (C=O) groups is 2. The number of hydrogen-bond acceptors (Lipinski definition) is 3. The fourth-order valence-electron chi connectivity index (χ4n) is 2.16. The number of anilines is 2. The minimum absolute atomic E-state index is 0.116. The number of halogens is 2. The predicted octanol–water partition coefficient (Wildman–Crippen LogP) is 4.40. The van der Waals surface area contributed by atoms with E-state index >= 15 is 0 Å². The summed E-state index contributed by atoms with van der Waals surface area (Å²) in [5.41, 5.74) is 0.318.